The monoisotopic (exact) mass is 622 g/mol. The van der Waals surface area contributed by atoms with Crippen molar-refractivity contribution in [2.24, 2.45) is 34.4 Å². The van der Waals surface area contributed by atoms with E-state index in [1.54, 1.807) is 0 Å². The van der Waals surface area contributed by atoms with E-state index in [4.69, 9.17) is 15.7 Å². The maximum atomic E-state index is 11.5. The van der Waals surface area contributed by atoms with Crippen LogP contribution in [0.3, 0.4) is 0 Å². The van der Waals surface area contributed by atoms with Crippen molar-refractivity contribution < 1.29 is 5.11 Å². The minimum atomic E-state index is -0.609. The summed E-state index contributed by atoms with van der Waals surface area (Å²) < 4.78 is 0. The van der Waals surface area contributed by atoms with E-state index in [9.17, 15) is 5.11 Å². The van der Waals surface area contributed by atoms with E-state index in [0.717, 1.165) is 50.3 Å². The molecule has 7 nitrogen and oxygen atoms in total. The molecule has 2 saturated carbocycles. The normalized spacial score (nSPS) is 35.5. The highest BCUT2D eigenvalue weighted by molar-refractivity contribution is 5.94. The summed E-state index contributed by atoms with van der Waals surface area (Å²) in [5.74, 6) is 3.13. The first-order valence-corrected chi connectivity index (χ1v) is 18.5. The largest absolute Gasteiger partial charge is 0.377 e. The molecule has 0 spiro atoms. The van der Waals surface area contributed by atoms with Gasteiger partial charge in [-0.1, -0.05) is 51.2 Å². The first-order chi connectivity index (χ1) is 22.4. The van der Waals surface area contributed by atoms with Crippen LogP contribution in [0.2, 0.25) is 0 Å². The lowest BCUT2D eigenvalue weighted by Gasteiger charge is -2.43. The third-order valence-electron chi connectivity index (χ3n) is 12.7. The number of allylic oxidation sites excluding steroid dienone is 9. The molecular weight excluding hydrogens is 568 g/mol. The molecule has 246 valence electrons. The molecule has 0 aromatic carbocycles. The number of likely N-dealkylation sites (tertiary alicyclic amines) is 1. The van der Waals surface area contributed by atoms with Crippen LogP contribution in [0.5, 0.6) is 0 Å². The minimum Gasteiger partial charge on any atom is -0.377 e. The Kier molecular flexibility index (Phi) is 8.33. The summed E-state index contributed by atoms with van der Waals surface area (Å²) in [6.07, 6.45) is 27.1. The summed E-state index contributed by atoms with van der Waals surface area (Å²) >= 11 is 0. The Morgan fingerprint density at radius 3 is 2.30 bits per heavy atom. The molecular formula is C39H54N6O. The Morgan fingerprint density at radius 2 is 1.65 bits per heavy atom. The van der Waals surface area contributed by atoms with Crippen LogP contribution < -0.4 is 11.1 Å². The molecule has 9 atom stereocenters. The van der Waals surface area contributed by atoms with Gasteiger partial charge in [-0.25, -0.2) is 4.98 Å². The molecule has 46 heavy (non-hydrogen) atoms. The first-order valence-electron chi connectivity index (χ1n) is 18.5. The number of aliphatic hydroxyl groups excluding tert-OH is 1. The number of aliphatic imine (C=N–C) groups is 1. The highest BCUT2D eigenvalue weighted by atomic mass is 16.3. The Balaban J connectivity index is 0.981. The zero-order valence-electron chi connectivity index (χ0n) is 28.1. The second-order valence-corrected chi connectivity index (χ2v) is 15.7. The zero-order valence-corrected chi connectivity index (χ0v) is 28.1. The van der Waals surface area contributed by atoms with Crippen molar-refractivity contribution in [3.63, 3.8) is 0 Å². The van der Waals surface area contributed by atoms with Crippen molar-refractivity contribution in [1.82, 2.24) is 20.2 Å². The number of imidazole rings is 1. The second-order valence-electron chi connectivity index (χ2n) is 15.7. The summed E-state index contributed by atoms with van der Waals surface area (Å²) in [4.78, 5) is 16.3. The number of aromatic amines is 1. The summed E-state index contributed by atoms with van der Waals surface area (Å²) in [6, 6.07) is 1.50. The van der Waals surface area contributed by atoms with Gasteiger partial charge in [-0.15, -0.1) is 0 Å². The fourth-order valence-electron chi connectivity index (χ4n) is 9.94. The molecule has 9 unspecified atom stereocenters. The Hall–Kier alpha value is -2.58. The van der Waals surface area contributed by atoms with Crippen molar-refractivity contribution in [2.45, 2.75) is 134 Å². The molecule has 0 radical (unpaired) electrons. The number of hydrogen-bond donors (Lipinski definition) is 4. The highest BCUT2D eigenvalue weighted by Gasteiger charge is 2.52. The molecule has 8 rings (SSSR count). The van der Waals surface area contributed by atoms with E-state index in [1.165, 1.54) is 77.9 Å². The van der Waals surface area contributed by atoms with E-state index in [0.29, 0.717) is 30.0 Å². The van der Waals surface area contributed by atoms with E-state index in [2.05, 4.69) is 66.4 Å². The lowest BCUT2D eigenvalue weighted by molar-refractivity contribution is -0.0551. The van der Waals surface area contributed by atoms with Crippen LogP contribution in [-0.2, 0) is 0 Å². The zero-order chi connectivity index (χ0) is 31.5. The Bertz CT molecular complexity index is 1520. The number of aliphatic hydroxyl groups is 1. The Labute approximate surface area is 275 Å². The molecule has 7 heteroatoms. The van der Waals surface area contributed by atoms with Gasteiger partial charge in [0, 0.05) is 29.8 Å². The number of nitrogens with two attached hydrogens (primary N) is 1. The standard InChI is InChI=1S/C39H54N6O/c1-4-23-15-18-32(43-35(23)37-29-14-17-31(20-29)45(37)39(46)34(40)22(2)3)26-9-5-24(6-10-26)25-7-11-27(12-8-25)33-21-41-38(44-33)36-28-13-16-30(19-28)42-36/h5,7,9,11,18,21-23,28-31,34,36-37,39,42,46H,4,6,8,10,12-17,19-20,40H2,1-3H3,(H,41,44). The van der Waals surface area contributed by atoms with Crippen molar-refractivity contribution >= 4 is 11.3 Å². The predicted octanol–water partition coefficient (Wildman–Crippen LogP) is 6.88. The summed E-state index contributed by atoms with van der Waals surface area (Å²) in [5, 5.41) is 15.3. The molecule has 3 aliphatic heterocycles. The van der Waals surface area contributed by atoms with Crippen molar-refractivity contribution in [3.8, 4) is 0 Å². The lowest BCUT2D eigenvalue weighted by atomic mass is 9.81. The van der Waals surface area contributed by atoms with Gasteiger partial charge >= 0.3 is 0 Å². The quantitative estimate of drug-likeness (QED) is 0.240. The number of rotatable bonds is 9. The van der Waals surface area contributed by atoms with Crippen LogP contribution >= 0.6 is 0 Å². The first kappa shape index (κ1) is 30.7. The minimum absolute atomic E-state index is 0.214. The van der Waals surface area contributed by atoms with Crippen LogP contribution in [0.25, 0.3) is 5.57 Å². The number of piperidine rings is 2. The van der Waals surface area contributed by atoms with Crippen LogP contribution in [0.4, 0.5) is 0 Å². The van der Waals surface area contributed by atoms with Gasteiger partial charge in [0.1, 0.15) is 12.1 Å². The van der Waals surface area contributed by atoms with Gasteiger partial charge in [-0.3, -0.25) is 9.89 Å². The molecule has 4 fully saturated rings. The van der Waals surface area contributed by atoms with E-state index >= 15 is 0 Å². The van der Waals surface area contributed by atoms with Gasteiger partial charge in [0.05, 0.1) is 29.7 Å². The van der Waals surface area contributed by atoms with Crippen LogP contribution in [0, 0.1) is 23.7 Å². The lowest BCUT2D eigenvalue weighted by Crippen LogP contribution is -2.59. The van der Waals surface area contributed by atoms with Crippen LogP contribution in [-0.4, -0.2) is 56.1 Å². The van der Waals surface area contributed by atoms with Gasteiger partial charge < -0.3 is 21.1 Å². The van der Waals surface area contributed by atoms with Crippen LogP contribution in [0.1, 0.15) is 115 Å². The predicted molar refractivity (Wildman–Crippen MR) is 186 cm³/mol. The molecule has 1 aromatic rings. The van der Waals surface area contributed by atoms with Crippen molar-refractivity contribution in [2.75, 3.05) is 0 Å². The van der Waals surface area contributed by atoms with E-state index in [1.807, 2.05) is 6.20 Å². The molecule has 4 aliphatic carbocycles. The molecule has 7 aliphatic rings. The molecule has 4 heterocycles. The average molecular weight is 623 g/mol. The van der Waals surface area contributed by atoms with Gasteiger partial charge in [-0.05, 0) is 117 Å². The molecule has 4 bridgehead atoms. The van der Waals surface area contributed by atoms with Gasteiger partial charge in [0.2, 0.25) is 0 Å². The average Bonchev–Trinajstić information content (AvgIpc) is 3.94. The van der Waals surface area contributed by atoms with Gasteiger partial charge in [0.25, 0.3) is 0 Å². The summed E-state index contributed by atoms with van der Waals surface area (Å²) in [7, 11) is 0. The number of hydrogen-bond acceptors (Lipinski definition) is 6. The van der Waals surface area contributed by atoms with E-state index in [-0.39, 0.29) is 18.0 Å². The number of aromatic nitrogens is 2. The number of H-pyrrole nitrogens is 1. The summed E-state index contributed by atoms with van der Waals surface area (Å²) in [6.45, 7) is 6.53. The maximum absolute atomic E-state index is 11.5. The summed E-state index contributed by atoms with van der Waals surface area (Å²) in [5.41, 5.74) is 15.9. The smallest absolute Gasteiger partial charge is 0.123 e. The fraction of sp³-hybridized carbons (Fsp3) is 0.641. The third-order valence-corrected chi connectivity index (χ3v) is 12.7. The highest BCUT2D eigenvalue weighted by Crippen LogP contribution is 2.47. The maximum Gasteiger partial charge on any atom is 0.123 e. The van der Waals surface area contributed by atoms with E-state index < -0.39 is 6.23 Å². The third kappa shape index (κ3) is 5.45. The molecule has 0 amide bonds. The fourth-order valence-corrected chi connectivity index (χ4v) is 9.94. The molecule has 2 saturated heterocycles. The number of nitrogens with one attached hydrogen (secondary N) is 2. The molecule has 1 aromatic heterocycles. The van der Waals surface area contributed by atoms with Gasteiger partial charge in [0.15, 0.2) is 0 Å². The van der Waals surface area contributed by atoms with Crippen molar-refractivity contribution in [1.29, 1.82) is 0 Å². The van der Waals surface area contributed by atoms with Crippen molar-refractivity contribution in [3.05, 3.63) is 70.5 Å². The Morgan fingerprint density at radius 1 is 0.935 bits per heavy atom. The van der Waals surface area contributed by atoms with Crippen LogP contribution in [0.15, 0.2) is 64.0 Å². The topological polar surface area (TPSA) is 103 Å². The number of nitrogens with zero attached hydrogens (tertiary/aromatic N) is 3. The second kappa shape index (κ2) is 12.5. The number of fused-ring (bicyclic) bond motifs is 4. The SMILES string of the molecule is CCC1CC=C(C2=CC=C(C3=CC=C(c4cnc(C5NC6CCC5C6)[nH]4)CC3)CC2)N=C1C1C2CCC(C2)N1C(O)C(N)C(C)C. The molecule has 5 N–H and O–H groups in total. The van der Waals surface area contributed by atoms with Gasteiger partial charge in [-0.2, -0.15) is 0 Å².